The summed E-state index contributed by atoms with van der Waals surface area (Å²) in [6.45, 7) is 0. The lowest BCUT2D eigenvalue weighted by atomic mass is 10.1. The van der Waals surface area contributed by atoms with Gasteiger partial charge in [-0.05, 0) is 36.4 Å². The Morgan fingerprint density at radius 2 is 2.00 bits per heavy atom. The molecule has 4 nitrogen and oxygen atoms in total. The molecule has 120 valence electrons. The second-order valence-electron chi connectivity index (χ2n) is 4.97. The van der Waals surface area contributed by atoms with Crippen LogP contribution in [-0.4, -0.2) is 5.91 Å². The minimum absolute atomic E-state index is 0.0908. The van der Waals surface area contributed by atoms with Gasteiger partial charge in [-0.2, -0.15) is 0 Å². The van der Waals surface area contributed by atoms with Crippen molar-refractivity contribution in [3.05, 3.63) is 81.4 Å². The number of benzene rings is 2. The van der Waals surface area contributed by atoms with E-state index in [1.54, 1.807) is 24.3 Å². The summed E-state index contributed by atoms with van der Waals surface area (Å²) in [4.78, 5) is 24.2. The average Bonchev–Trinajstić information content (AvgIpc) is 2.58. The van der Waals surface area contributed by atoms with Gasteiger partial charge >= 0.3 is 0 Å². The molecular weight excluding hydrogens is 333 g/mol. The van der Waals surface area contributed by atoms with E-state index in [4.69, 9.17) is 16.0 Å². The van der Waals surface area contributed by atoms with Gasteiger partial charge in [0.25, 0.3) is 0 Å². The topological polar surface area (TPSA) is 59.3 Å². The molecule has 6 heteroatoms. The van der Waals surface area contributed by atoms with Crippen LogP contribution in [0.5, 0.6) is 0 Å². The van der Waals surface area contributed by atoms with Crippen molar-refractivity contribution in [2.45, 2.75) is 0 Å². The van der Waals surface area contributed by atoms with E-state index >= 15 is 0 Å². The average molecular weight is 344 g/mol. The molecule has 24 heavy (non-hydrogen) atoms. The summed E-state index contributed by atoms with van der Waals surface area (Å²) in [5.41, 5.74) is 0.846. The van der Waals surface area contributed by atoms with Crippen molar-refractivity contribution in [2.75, 3.05) is 5.32 Å². The molecule has 1 N–H and O–H groups in total. The van der Waals surface area contributed by atoms with Gasteiger partial charge in [-0.15, -0.1) is 0 Å². The number of rotatable bonds is 3. The molecule has 1 aromatic heterocycles. The molecule has 3 rings (SSSR count). The number of carbonyl (C=O) groups excluding carboxylic acids is 1. The van der Waals surface area contributed by atoms with Gasteiger partial charge in [-0.1, -0.05) is 23.7 Å². The normalized spacial score (nSPS) is 11.1. The Hall–Kier alpha value is -2.92. The second-order valence-corrected chi connectivity index (χ2v) is 5.37. The molecule has 0 unspecified atom stereocenters. The number of hydrogen-bond acceptors (Lipinski definition) is 3. The number of anilines is 1. The summed E-state index contributed by atoms with van der Waals surface area (Å²) in [7, 11) is 0. The number of carbonyl (C=O) groups is 1. The minimum atomic E-state index is -0.570. The molecule has 0 fully saturated rings. The van der Waals surface area contributed by atoms with Crippen LogP contribution in [-0.2, 0) is 4.79 Å². The third-order valence-corrected chi connectivity index (χ3v) is 3.60. The highest BCUT2D eigenvalue weighted by Gasteiger charge is 2.06. The molecule has 2 aromatic carbocycles. The van der Waals surface area contributed by atoms with Gasteiger partial charge in [0.15, 0.2) is 5.43 Å². The molecule has 0 aliphatic carbocycles. The molecule has 0 bridgehead atoms. The standard InChI is InChI=1S/C18H11ClFNO3/c19-14-9-12(6-7-15(14)20)21-17(22)8-5-11-10-24-16-4-2-1-3-13(16)18(11)23/h1-10H,(H,21,22)/b8-5+. The Morgan fingerprint density at radius 1 is 1.21 bits per heavy atom. The predicted molar refractivity (Wildman–Crippen MR) is 91.6 cm³/mol. The minimum Gasteiger partial charge on any atom is -0.463 e. The lowest BCUT2D eigenvalue weighted by Gasteiger charge is -2.03. The Bertz CT molecular complexity index is 1010. The van der Waals surface area contributed by atoms with E-state index in [2.05, 4.69) is 5.32 Å². The number of nitrogens with one attached hydrogen (secondary N) is 1. The van der Waals surface area contributed by atoms with E-state index in [0.717, 1.165) is 6.07 Å². The molecule has 1 heterocycles. The van der Waals surface area contributed by atoms with Crippen molar-refractivity contribution in [1.82, 2.24) is 0 Å². The maximum atomic E-state index is 13.1. The molecule has 0 spiro atoms. The molecule has 0 saturated carbocycles. The second kappa shape index (κ2) is 6.68. The van der Waals surface area contributed by atoms with Gasteiger partial charge in [0.2, 0.25) is 5.91 Å². The first-order valence-electron chi connectivity index (χ1n) is 6.99. The highest BCUT2D eigenvalue weighted by atomic mass is 35.5. The summed E-state index contributed by atoms with van der Waals surface area (Å²) in [6.07, 6.45) is 3.85. The summed E-state index contributed by atoms with van der Waals surface area (Å²) < 4.78 is 18.4. The fraction of sp³-hybridized carbons (Fsp3) is 0. The molecule has 0 radical (unpaired) electrons. The fourth-order valence-corrected chi connectivity index (χ4v) is 2.31. The molecule has 3 aromatic rings. The largest absolute Gasteiger partial charge is 0.463 e. The lowest BCUT2D eigenvalue weighted by molar-refractivity contribution is -0.111. The summed E-state index contributed by atoms with van der Waals surface area (Å²) in [6, 6.07) is 10.7. The maximum Gasteiger partial charge on any atom is 0.248 e. The van der Waals surface area contributed by atoms with Crippen molar-refractivity contribution in [3.63, 3.8) is 0 Å². The summed E-state index contributed by atoms with van der Waals surface area (Å²) >= 11 is 5.65. The van der Waals surface area contributed by atoms with Gasteiger partial charge in [-0.3, -0.25) is 9.59 Å². The predicted octanol–water partition coefficient (Wildman–Crippen LogP) is 4.24. The van der Waals surface area contributed by atoms with Gasteiger partial charge in [0.1, 0.15) is 17.7 Å². The van der Waals surface area contributed by atoms with Crippen LogP contribution in [0, 0.1) is 5.82 Å². The smallest absolute Gasteiger partial charge is 0.248 e. The molecule has 0 atom stereocenters. The van der Waals surface area contributed by atoms with Crippen LogP contribution in [0.25, 0.3) is 17.0 Å². The number of hydrogen-bond donors (Lipinski definition) is 1. The Morgan fingerprint density at radius 3 is 2.79 bits per heavy atom. The number of fused-ring (bicyclic) bond motifs is 1. The van der Waals surface area contributed by atoms with Gasteiger partial charge in [0, 0.05) is 11.8 Å². The Labute approximate surface area is 141 Å². The Balaban J connectivity index is 1.80. The maximum absolute atomic E-state index is 13.1. The van der Waals surface area contributed by atoms with Crippen LogP contribution in [0.2, 0.25) is 5.02 Å². The van der Waals surface area contributed by atoms with E-state index in [0.29, 0.717) is 16.7 Å². The first kappa shape index (κ1) is 16.0. The van der Waals surface area contributed by atoms with E-state index in [-0.39, 0.29) is 16.0 Å². The van der Waals surface area contributed by atoms with E-state index < -0.39 is 11.7 Å². The molecule has 1 amide bonds. The number of halogens is 2. The van der Waals surface area contributed by atoms with E-state index in [9.17, 15) is 14.0 Å². The summed E-state index contributed by atoms with van der Waals surface area (Å²) in [5.74, 6) is -1.05. The van der Waals surface area contributed by atoms with Gasteiger partial charge in [0.05, 0.1) is 16.0 Å². The fourth-order valence-electron chi connectivity index (χ4n) is 2.13. The van der Waals surface area contributed by atoms with Crippen LogP contribution in [0.15, 0.2) is 64.0 Å². The highest BCUT2D eigenvalue weighted by Crippen LogP contribution is 2.19. The van der Waals surface area contributed by atoms with Crippen molar-refractivity contribution < 1.29 is 13.6 Å². The van der Waals surface area contributed by atoms with Crippen LogP contribution in [0.3, 0.4) is 0 Å². The van der Waals surface area contributed by atoms with Gasteiger partial charge in [-0.25, -0.2) is 4.39 Å². The van der Waals surface area contributed by atoms with Gasteiger partial charge < -0.3 is 9.73 Å². The monoisotopic (exact) mass is 343 g/mol. The van der Waals surface area contributed by atoms with Crippen LogP contribution in [0.4, 0.5) is 10.1 Å². The molecule has 0 saturated heterocycles. The molecular formula is C18H11ClFNO3. The first-order valence-corrected chi connectivity index (χ1v) is 7.37. The van der Waals surface area contributed by atoms with Crippen molar-refractivity contribution >= 4 is 40.2 Å². The SMILES string of the molecule is O=C(/C=C/c1coc2ccccc2c1=O)Nc1ccc(F)c(Cl)c1. The van der Waals surface area contributed by atoms with Crippen LogP contribution in [0.1, 0.15) is 5.56 Å². The Kier molecular flexibility index (Phi) is 4.44. The van der Waals surface area contributed by atoms with E-state index in [1.807, 2.05) is 0 Å². The van der Waals surface area contributed by atoms with Crippen LogP contribution >= 0.6 is 11.6 Å². The van der Waals surface area contributed by atoms with E-state index in [1.165, 1.54) is 30.5 Å². The van der Waals surface area contributed by atoms with Crippen molar-refractivity contribution in [2.24, 2.45) is 0 Å². The quantitative estimate of drug-likeness (QED) is 0.724. The lowest BCUT2D eigenvalue weighted by Crippen LogP contribution is -2.09. The number of amides is 1. The van der Waals surface area contributed by atoms with Crippen molar-refractivity contribution in [1.29, 1.82) is 0 Å². The third-order valence-electron chi connectivity index (χ3n) is 3.31. The molecule has 0 aliphatic rings. The highest BCUT2D eigenvalue weighted by molar-refractivity contribution is 6.31. The molecule has 0 aliphatic heterocycles. The summed E-state index contributed by atoms with van der Waals surface area (Å²) in [5, 5.41) is 2.87. The first-order chi connectivity index (χ1) is 11.5. The van der Waals surface area contributed by atoms with Crippen LogP contribution < -0.4 is 10.7 Å². The zero-order valence-corrected chi connectivity index (χ0v) is 13.0. The zero-order valence-electron chi connectivity index (χ0n) is 12.3. The van der Waals surface area contributed by atoms with Crippen molar-refractivity contribution in [3.8, 4) is 0 Å². The third kappa shape index (κ3) is 3.36. The number of para-hydroxylation sites is 1. The zero-order chi connectivity index (χ0) is 17.1.